The first kappa shape index (κ1) is 36.6. The summed E-state index contributed by atoms with van der Waals surface area (Å²) in [6.45, 7) is 1.63. The van der Waals surface area contributed by atoms with Gasteiger partial charge in [-0.05, 0) is 67.1 Å². The number of fused-ring (bicyclic) bond motifs is 3. The van der Waals surface area contributed by atoms with Crippen molar-refractivity contribution in [3.8, 4) is 26.9 Å². The summed E-state index contributed by atoms with van der Waals surface area (Å²) in [4.78, 5) is 8.83. The van der Waals surface area contributed by atoms with E-state index in [4.69, 9.17) is 4.98 Å². The van der Waals surface area contributed by atoms with Gasteiger partial charge in [-0.3, -0.25) is 9.11 Å². The molecular formula is C31H20N4Na2O7S4. The maximum atomic E-state index is 12.0. The van der Waals surface area contributed by atoms with Crippen molar-refractivity contribution in [1.82, 2.24) is 9.97 Å². The van der Waals surface area contributed by atoms with Crippen LogP contribution in [0, 0.1) is 6.92 Å². The molecule has 0 spiro atoms. The molecule has 48 heavy (non-hydrogen) atoms. The Kier molecular flexibility index (Phi) is 10.6. The number of hydrogen-bond donors (Lipinski definition) is 3. The number of nitrogens with zero attached hydrogens (tertiary/aromatic N) is 4. The zero-order chi connectivity index (χ0) is 32.4. The maximum Gasteiger partial charge on any atom is 0.296 e. The van der Waals surface area contributed by atoms with Gasteiger partial charge in [0.15, 0.2) is 5.75 Å². The van der Waals surface area contributed by atoms with Crippen molar-refractivity contribution in [2.24, 2.45) is 10.2 Å². The molecule has 7 aromatic rings. The molecule has 232 valence electrons. The van der Waals surface area contributed by atoms with E-state index in [1.165, 1.54) is 34.8 Å². The quantitative estimate of drug-likeness (QED) is 0.0883. The Bertz CT molecular complexity index is 2620. The molecule has 0 aliphatic carbocycles. The number of benzene rings is 5. The fraction of sp³-hybridized carbons (Fsp3) is 0.0323. The molecule has 5 aromatic carbocycles. The Hall–Kier alpha value is -2.64. The van der Waals surface area contributed by atoms with Gasteiger partial charge in [0.25, 0.3) is 20.2 Å². The topological polar surface area (TPSA) is 179 Å². The van der Waals surface area contributed by atoms with Gasteiger partial charge in [0.05, 0.1) is 26.1 Å². The van der Waals surface area contributed by atoms with Gasteiger partial charge in [0, 0.05) is 81.0 Å². The summed E-state index contributed by atoms with van der Waals surface area (Å²) in [5, 5.41) is 20.6. The predicted molar refractivity (Wildman–Crippen MR) is 189 cm³/mol. The van der Waals surface area contributed by atoms with Gasteiger partial charge in [-0.2, -0.15) is 21.9 Å². The molecule has 0 amide bonds. The normalized spacial score (nSPS) is 12.1. The molecule has 0 fully saturated rings. The van der Waals surface area contributed by atoms with Gasteiger partial charge in [-0.15, -0.1) is 27.8 Å². The largest absolute Gasteiger partial charge is 0.505 e. The number of aryl methyl sites for hydroxylation is 1. The monoisotopic (exact) mass is 734 g/mol. The molecular weight excluding hydrogens is 715 g/mol. The van der Waals surface area contributed by atoms with Crippen LogP contribution in [-0.2, 0) is 20.2 Å². The minimum atomic E-state index is -4.59. The Morgan fingerprint density at radius 3 is 2.00 bits per heavy atom. The maximum absolute atomic E-state index is 12.0. The second-order valence-electron chi connectivity index (χ2n) is 10.3. The van der Waals surface area contributed by atoms with E-state index in [1.54, 1.807) is 43.3 Å². The van der Waals surface area contributed by atoms with E-state index in [-0.39, 0.29) is 91.1 Å². The van der Waals surface area contributed by atoms with Crippen LogP contribution in [0.25, 0.3) is 52.3 Å². The van der Waals surface area contributed by atoms with Crippen LogP contribution in [0.2, 0.25) is 0 Å². The van der Waals surface area contributed by atoms with Gasteiger partial charge in [0.2, 0.25) is 0 Å². The van der Waals surface area contributed by atoms with Crippen LogP contribution in [0.3, 0.4) is 0 Å². The smallest absolute Gasteiger partial charge is 0.296 e. The van der Waals surface area contributed by atoms with Crippen LogP contribution >= 0.6 is 22.7 Å². The molecule has 3 N–H and O–H groups in total. The standard InChI is InChI=1S/C31H20N4O7S4.2Na/c1-16-6-12-23-28(29(16)46(40,41)42)44-31(33-23)18-9-13-22-25(14-18)43-30(32-22)17-7-10-19(11-8-17)34-35-24-15-26(45(37,38)39)20-4-2-3-5-21(20)27(24)36;;/h2-15,36H,1H3,(H,37,38,39)(H,40,41,42);;. The van der Waals surface area contributed by atoms with Crippen LogP contribution in [0.5, 0.6) is 5.75 Å². The number of hydrogen-bond acceptors (Lipinski definition) is 11. The zero-order valence-corrected chi connectivity index (χ0v) is 32.7. The number of aromatic nitrogens is 2. The van der Waals surface area contributed by atoms with Gasteiger partial charge >= 0.3 is 0 Å². The van der Waals surface area contributed by atoms with Gasteiger partial charge < -0.3 is 5.11 Å². The van der Waals surface area contributed by atoms with Crippen molar-refractivity contribution in [2.45, 2.75) is 16.7 Å². The molecule has 2 radical (unpaired) electrons. The number of thiazole rings is 2. The summed E-state index contributed by atoms with van der Waals surface area (Å²) in [5.74, 6) is -0.267. The zero-order valence-electron chi connectivity index (χ0n) is 25.5. The summed E-state index contributed by atoms with van der Waals surface area (Å²) >= 11 is 2.66. The molecule has 0 bridgehead atoms. The van der Waals surface area contributed by atoms with E-state index in [9.17, 15) is 31.0 Å². The summed E-state index contributed by atoms with van der Waals surface area (Å²) < 4.78 is 68.8. The fourth-order valence-corrected chi connectivity index (χ4v) is 9.11. The Labute approximate surface area is 326 Å². The van der Waals surface area contributed by atoms with E-state index in [2.05, 4.69) is 15.2 Å². The van der Waals surface area contributed by atoms with Crippen LogP contribution in [0.1, 0.15) is 5.56 Å². The Morgan fingerprint density at radius 2 is 1.31 bits per heavy atom. The average Bonchev–Trinajstić information content (AvgIpc) is 3.64. The van der Waals surface area contributed by atoms with Crippen molar-refractivity contribution in [3.05, 3.63) is 90.5 Å². The summed E-state index contributed by atoms with van der Waals surface area (Å²) in [6, 6.07) is 23.3. The van der Waals surface area contributed by atoms with Crippen molar-refractivity contribution in [2.75, 3.05) is 0 Å². The van der Waals surface area contributed by atoms with Crippen LogP contribution in [0.15, 0.2) is 105 Å². The first-order valence-corrected chi connectivity index (χ1v) is 17.9. The average molecular weight is 735 g/mol. The second kappa shape index (κ2) is 13.9. The van der Waals surface area contributed by atoms with Crippen molar-refractivity contribution in [1.29, 1.82) is 0 Å². The molecule has 0 saturated carbocycles. The number of phenols is 1. The third-order valence-corrected chi connectivity index (χ3v) is 11.5. The van der Waals surface area contributed by atoms with E-state index in [1.807, 2.05) is 30.3 Å². The van der Waals surface area contributed by atoms with E-state index < -0.39 is 20.2 Å². The van der Waals surface area contributed by atoms with E-state index >= 15 is 0 Å². The Morgan fingerprint density at radius 1 is 0.688 bits per heavy atom. The molecule has 17 heteroatoms. The molecule has 11 nitrogen and oxygen atoms in total. The first-order chi connectivity index (χ1) is 21.9. The summed E-state index contributed by atoms with van der Waals surface area (Å²) in [6.07, 6.45) is 0. The molecule has 0 atom stereocenters. The number of phenolic OH excluding ortho intramolecular Hbond substituents is 1. The Balaban J connectivity index is 0.00000225. The minimum absolute atomic E-state index is 0. The van der Waals surface area contributed by atoms with E-state index in [0.717, 1.165) is 32.4 Å². The van der Waals surface area contributed by atoms with Crippen molar-refractivity contribution >= 4 is 145 Å². The fourth-order valence-electron chi connectivity index (χ4n) is 5.08. The van der Waals surface area contributed by atoms with Crippen molar-refractivity contribution in [3.63, 3.8) is 0 Å². The molecule has 0 saturated heterocycles. The summed E-state index contributed by atoms with van der Waals surface area (Å²) in [5.41, 5.74) is 3.61. The molecule has 2 aromatic heterocycles. The SMILES string of the molecule is Cc1ccc2nc(-c3ccc4nc(-c5ccc(N=Nc6cc(S(=O)(=O)O)c7ccccc7c6O)cc5)sc4c3)sc2c1S(=O)(=O)O.[Na].[Na]. The minimum Gasteiger partial charge on any atom is -0.505 e. The molecule has 0 unspecified atom stereocenters. The van der Waals surface area contributed by atoms with Crippen LogP contribution < -0.4 is 0 Å². The van der Waals surface area contributed by atoms with Crippen LogP contribution in [0.4, 0.5) is 11.4 Å². The van der Waals surface area contributed by atoms with E-state index in [0.29, 0.717) is 26.5 Å². The molecule has 2 heterocycles. The first-order valence-electron chi connectivity index (χ1n) is 13.4. The van der Waals surface area contributed by atoms with Gasteiger partial charge in [-0.1, -0.05) is 30.3 Å². The third kappa shape index (κ3) is 7.01. The number of azo groups is 1. The van der Waals surface area contributed by atoms with Crippen molar-refractivity contribution < 1.29 is 31.0 Å². The molecule has 0 aliphatic rings. The molecule has 7 rings (SSSR count). The number of aromatic hydroxyl groups is 1. The molecule has 0 aliphatic heterocycles. The van der Waals surface area contributed by atoms with Gasteiger partial charge in [-0.25, -0.2) is 9.97 Å². The second-order valence-corrected chi connectivity index (χ2v) is 15.0. The predicted octanol–water partition coefficient (Wildman–Crippen LogP) is 7.55. The van der Waals surface area contributed by atoms with Gasteiger partial charge in [0.1, 0.15) is 25.5 Å². The number of rotatable bonds is 6. The third-order valence-electron chi connectivity index (χ3n) is 7.23. The van der Waals surface area contributed by atoms with Crippen LogP contribution in [-0.4, -0.2) is 100 Å². The summed E-state index contributed by atoms with van der Waals surface area (Å²) in [7, 11) is -9.01.